The second-order valence-electron chi connectivity index (χ2n) is 5.98. The summed E-state index contributed by atoms with van der Waals surface area (Å²) in [7, 11) is -2.75. The van der Waals surface area contributed by atoms with Gasteiger partial charge in [-0.3, -0.25) is 4.79 Å². The Kier molecular flexibility index (Phi) is 6.73. The van der Waals surface area contributed by atoms with E-state index in [1.165, 1.54) is 20.2 Å². The number of benzene rings is 1. The van der Waals surface area contributed by atoms with Gasteiger partial charge in [0.1, 0.15) is 15.8 Å². The van der Waals surface area contributed by atoms with Crippen LogP contribution in [0.2, 0.25) is 0 Å². The molecule has 0 fully saturated rings. The van der Waals surface area contributed by atoms with Gasteiger partial charge in [0, 0.05) is 31.1 Å². The molecule has 1 aromatic carbocycles. The molecule has 2 aromatic rings. The molecular formula is C18H22ClN3O5S. The van der Waals surface area contributed by atoms with Gasteiger partial charge in [-0.25, -0.2) is 12.4 Å². The summed E-state index contributed by atoms with van der Waals surface area (Å²) in [6.07, 6.45) is 1.39. The Bertz CT molecular complexity index is 1060. The summed E-state index contributed by atoms with van der Waals surface area (Å²) >= 11 is 6.04. The summed E-state index contributed by atoms with van der Waals surface area (Å²) < 4.78 is 33.1. The molecule has 3 N–H and O–H groups in total. The predicted molar refractivity (Wildman–Crippen MR) is 109 cm³/mol. The fraction of sp³-hybridized carbons (Fsp3) is 0.333. The van der Waals surface area contributed by atoms with E-state index in [9.17, 15) is 13.2 Å². The van der Waals surface area contributed by atoms with Gasteiger partial charge in [0.2, 0.25) is 0 Å². The summed E-state index contributed by atoms with van der Waals surface area (Å²) in [5.41, 5.74) is 0.659. The molecule has 0 saturated heterocycles. The van der Waals surface area contributed by atoms with Crippen molar-refractivity contribution in [3.63, 3.8) is 0 Å². The Morgan fingerprint density at radius 3 is 2.61 bits per heavy atom. The van der Waals surface area contributed by atoms with E-state index in [1.807, 2.05) is 6.92 Å². The van der Waals surface area contributed by atoms with E-state index in [0.717, 1.165) is 3.97 Å². The van der Waals surface area contributed by atoms with E-state index in [2.05, 4.69) is 5.32 Å². The molecular weight excluding hydrogens is 406 g/mol. The third-order valence-corrected chi connectivity index (χ3v) is 6.36. The van der Waals surface area contributed by atoms with Crippen molar-refractivity contribution in [1.82, 2.24) is 9.29 Å². The molecule has 0 aliphatic rings. The molecule has 0 saturated carbocycles. The normalized spacial score (nSPS) is 12.6. The SMILES string of the molecule is CCOc1ccc2c(CCC(=O)O)cn(S(=O)(=O)/C(C(C)=N)=C(\Cl)NC)c2c1. The number of aryl methyl sites for hydroxylation is 1. The first-order chi connectivity index (χ1) is 13.1. The van der Waals surface area contributed by atoms with E-state index in [-0.39, 0.29) is 28.6 Å². The molecule has 0 atom stereocenters. The molecule has 10 heteroatoms. The number of allylic oxidation sites excluding steroid dienone is 1. The van der Waals surface area contributed by atoms with Crippen molar-refractivity contribution in [3.8, 4) is 5.75 Å². The van der Waals surface area contributed by atoms with Gasteiger partial charge < -0.3 is 20.6 Å². The molecule has 0 aliphatic carbocycles. The van der Waals surface area contributed by atoms with Gasteiger partial charge in [0.25, 0.3) is 10.0 Å². The van der Waals surface area contributed by atoms with Crippen molar-refractivity contribution in [2.75, 3.05) is 13.7 Å². The summed E-state index contributed by atoms with van der Waals surface area (Å²) in [4.78, 5) is 10.6. The number of aliphatic carboxylic acids is 1. The topological polar surface area (TPSA) is 121 Å². The molecule has 0 aliphatic heterocycles. The molecule has 0 bridgehead atoms. The van der Waals surface area contributed by atoms with Crippen LogP contribution in [0.15, 0.2) is 34.5 Å². The van der Waals surface area contributed by atoms with Gasteiger partial charge in [-0.15, -0.1) is 0 Å². The quantitative estimate of drug-likeness (QED) is 0.418. The molecule has 0 amide bonds. The lowest BCUT2D eigenvalue weighted by atomic mass is 10.1. The van der Waals surface area contributed by atoms with Crippen LogP contribution in [0, 0.1) is 5.41 Å². The molecule has 2 rings (SSSR count). The van der Waals surface area contributed by atoms with Crippen LogP contribution in [0.4, 0.5) is 0 Å². The number of hydrogen-bond donors (Lipinski definition) is 3. The molecule has 0 radical (unpaired) electrons. The Morgan fingerprint density at radius 1 is 1.39 bits per heavy atom. The first-order valence-corrected chi connectivity index (χ1v) is 10.3. The van der Waals surface area contributed by atoms with Crippen molar-refractivity contribution in [3.05, 3.63) is 40.0 Å². The van der Waals surface area contributed by atoms with Crippen LogP contribution in [0.1, 0.15) is 25.8 Å². The lowest BCUT2D eigenvalue weighted by Gasteiger charge is -2.13. The van der Waals surface area contributed by atoms with E-state index >= 15 is 0 Å². The number of nitrogens with one attached hydrogen (secondary N) is 2. The number of fused-ring (bicyclic) bond motifs is 1. The highest BCUT2D eigenvalue weighted by Crippen LogP contribution is 2.31. The summed E-state index contributed by atoms with van der Waals surface area (Å²) in [5, 5.41) is 19.8. The van der Waals surface area contributed by atoms with E-state index in [1.54, 1.807) is 18.2 Å². The third-order valence-electron chi connectivity index (χ3n) is 4.02. The Balaban J connectivity index is 2.78. The van der Waals surface area contributed by atoms with Crippen molar-refractivity contribution in [2.45, 2.75) is 26.7 Å². The van der Waals surface area contributed by atoms with Gasteiger partial charge >= 0.3 is 5.97 Å². The van der Waals surface area contributed by atoms with E-state index < -0.39 is 16.0 Å². The summed E-state index contributed by atoms with van der Waals surface area (Å²) in [6.45, 7) is 3.54. The monoisotopic (exact) mass is 427 g/mol. The zero-order valence-electron chi connectivity index (χ0n) is 15.7. The zero-order valence-corrected chi connectivity index (χ0v) is 17.3. The van der Waals surface area contributed by atoms with Gasteiger partial charge in [-0.05, 0) is 38.0 Å². The Morgan fingerprint density at radius 2 is 2.07 bits per heavy atom. The Hall–Kier alpha value is -2.52. The minimum atomic E-state index is -4.21. The fourth-order valence-corrected chi connectivity index (χ4v) is 4.85. The van der Waals surface area contributed by atoms with Crippen LogP contribution in [0.25, 0.3) is 10.9 Å². The molecule has 0 spiro atoms. The van der Waals surface area contributed by atoms with Crippen molar-refractivity contribution in [2.24, 2.45) is 0 Å². The van der Waals surface area contributed by atoms with Crippen LogP contribution >= 0.6 is 11.6 Å². The average Bonchev–Trinajstić information content (AvgIpc) is 2.98. The number of hydrogen-bond acceptors (Lipinski definition) is 6. The number of carboxylic acid groups (broad SMARTS) is 1. The van der Waals surface area contributed by atoms with Gasteiger partial charge in [-0.1, -0.05) is 11.6 Å². The van der Waals surface area contributed by atoms with Crippen molar-refractivity contribution in [1.29, 1.82) is 5.41 Å². The van der Waals surface area contributed by atoms with Gasteiger partial charge in [0.05, 0.1) is 17.8 Å². The van der Waals surface area contributed by atoms with Crippen LogP contribution in [0.3, 0.4) is 0 Å². The first kappa shape index (κ1) is 21.8. The van der Waals surface area contributed by atoms with Crippen LogP contribution in [-0.2, 0) is 21.2 Å². The number of nitrogens with zero attached hydrogens (tertiary/aromatic N) is 1. The van der Waals surface area contributed by atoms with Crippen LogP contribution in [0.5, 0.6) is 5.75 Å². The maximum Gasteiger partial charge on any atom is 0.303 e. The summed E-state index contributed by atoms with van der Waals surface area (Å²) in [6, 6.07) is 4.97. The smallest absolute Gasteiger partial charge is 0.303 e. The minimum absolute atomic E-state index is 0.143. The highest BCUT2D eigenvalue weighted by Gasteiger charge is 2.28. The molecule has 8 nitrogen and oxygen atoms in total. The lowest BCUT2D eigenvalue weighted by molar-refractivity contribution is -0.136. The molecule has 0 unspecified atom stereocenters. The highest BCUT2D eigenvalue weighted by molar-refractivity contribution is 7.95. The fourth-order valence-electron chi connectivity index (χ4n) is 2.83. The largest absolute Gasteiger partial charge is 0.494 e. The molecule has 1 heterocycles. The zero-order chi connectivity index (χ0) is 21.1. The van der Waals surface area contributed by atoms with Gasteiger partial charge in [-0.2, -0.15) is 0 Å². The molecule has 152 valence electrons. The van der Waals surface area contributed by atoms with Gasteiger partial charge in [0.15, 0.2) is 0 Å². The summed E-state index contributed by atoms with van der Waals surface area (Å²) in [5.74, 6) is -0.505. The number of halogens is 1. The van der Waals surface area contributed by atoms with E-state index in [0.29, 0.717) is 28.8 Å². The number of rotatable bonds is 9. The van der Waals surface area contributed by atoms with Crippen LogP contribution in [-0.4, -0.2) is 42.8 Å². The number of carboxylic acids is 1. The minimum Gasteiger partial charge on any atom is -0.494 e. The first-order valence-electron chi connectivity index (χ1n) is 8.50. The third kappa shape index (κ3) is 4.31. The van der Waals surface area contributed by atoms with E-state index in [4.69, 9.17) is 26.9 Å². The van der Waals surface area contributed by atoms with Crippen molar-refractivity contribution >= 4 is 44.2 Å². The van der Waals surface area contributed by atoms with Crippen LogP contribution < -0.4 is 10.1 Å². The number of ether oxygens (including phenoxy) is 1. The molecule has 28 heavy (non-hydrogen) atoms. The highest BCUT2D eigenvalue weighted by atomic mass is 35.5. The standard InChI is InChI=1S/C18H22ClN3O5S/c1-4-27-13-6-7-14-12(5-8-16(23)24)10-22(15(14)9-13)28(25,26)17(11(2)20)18(19)21-3/h6-7,9-10,20-21H,4-5,8H2,1-3H3,(H,23,24)/b18-17+,20-11?. The number of carbonyl (C=O) groups is 1. The second-order valence-corrected chi connectivity index (χ2v) is 8.11. The molecule has 1 aromatic heterocycles. The van der Waals surface area contributed by atoms with Crippen molar-refractivity contribution < 1.29 is 23.1 Å². The maximum absolute atomic E-state index is 13.3. The maximum atomic E-state index is 13.3. The predicted octanol–water partition coefficient (Wildman–Crippen LogP) is 2.90. The number of aromatic nitrogens is 1. The average molecular weight is 428 g/mol. The Labute approximate surface area is 168 Å². The second kappa shape index (κ2) is 8.66. The lowest BCUT2D eigenvalue weighted by Crippen LogP contribution is -2.22.